The van der Waals surface area contributed by atoms with Gasteiger partial charge in [-0.2, -0.15) is 0 Å². The molecule has 1 atom stereocenters. The van der Waals surface area contributed by atoms with E-state index in [1.54, 1.807) is 30.3 Å². The van der Waals surface area contributed by atoms with E-state index in [0.717, 1.165) is 32.3 Å². The van der Waals surface area contributed by atoms with Crippen molar-refractivity contribution in [1.82, 2.24) is 10.2 Å². The SMILES string of the molecule is Cc1ccc(S(=O)(=O)N(CC(=O)N(Cc2cccc(Br)c2)C(Cc2ccccc2)C(=O)NCC(C)C)c2ccc(C)cc2C)cc1. The monoisotopic (exact) mass is 703 g/mol. The molecule has 4 aromatic carbocycles. The standard InChI is InChI=1S/C37H42BrN3O4S/c1-26(2)23-39-37(43)35(22-30-10-7-6-8-11-30)40(24-31-12-9-13-32(38)21-31)36(42)25-41(34-19-16-28(4)20-29(34)5)46(44,45)33-17-14-27(3)15-18-33/h6-21,26,35H,22-25H2,1-5H3,(H,39,43). The maximum absolute atomic E-state index is 14.6. The van der Waals surface area contributed by atoms with Crippen LogP contribution < -0.4 is 9.62 Å². The van der Waals surface area contributed by atoms with Crippen molar-refractivity contribution in [3.63, 3.8) is 0 Å². The summed E-state index contributed by atoms with van der Waals surface area (Å²) in [5.74, 6) is -0.577. The number of amides is 2. The smallest absolute Gasteiger partial charge is 0.264 e. The minimum Gasteiger partial charge on any atom is -0.354 e. The molecule has 0 saturated carbocycles. The average Bonchev–Trinajstić information content (AvgIpc) is 3.01. The van der Waals surface area contributed by atoms with Crippen LogP contribution in [0.4, 0.5) is 5.69 Å². The molecule has 1 unspecified atom stereocenters. The van der Waals surface area contributed by atoms with Crippen molar-refractivity contribution in [1.29, 1.82) is 0 Å². The number of carbonyl (C=O) groups is 2. The number of benzene rings is 4. The summed E-state index contributed by atoms with van der Waals surface area (Å²) >= 11 is 3.52. The second-order valence-corrected chi connectivity index (χ2v) is 14.9. The summed E-state index contributed by atoms with van der Waals surface area (Å²) in [5, 5.41) is 3.02. The number of halogens is 1. The number of nitrogens with zero attached hydrogens (tertiary/aromatic N) is 2. The molecule has 4 aromatic rings. The lowest BCUT2D eigenvalue weighted by atomic mass is 10.0. The van der Waals surface area contributed by atoms with Crippen molar-refractivity contribution in [2.24, 2.45) is 5.92 Å². The van der Waals surface area contributed by atoms with Crippen LogP contribution in [-0.2, 0) is 32.6 Å². The zero-order valence-corrected chi connectivity index (χ0v) is 29.4. The molecule has 46 heavy (non-hydrogen) atoms. The number of nitrogens with one attached hydrogen (secondary N) is 1. The molecule has 9 heteroatoms. The molecule has 0 fully saturated rings. The van der Waals surface area contributed by atoms with Crippen molar-refractivity contribution in [2.45, 2.75) is 58.5 Å². The molecule has 0 spiro atoms. The maximum Gasteiger partial charge on any atom is 0.264 e. The zero-order valence-electron chi connectivity index (χ0n) is 27.0. The Balaban J connectivity index is 1.82. The Bertz CT molecular complexity index is 1760. The molecule has 0 aliphatic rings. The van der Waals surface area contributed by atoms with E-state index in [4.69, 9.17) is 0 Å². The number of hydrogen-bond acceptors (Lipinski definition) is 4. The number of rotatable bonds is 13. The van der Waals surface area contributed by atoms with Crippen LogP contribution in [0.15, 0.2) is 106 Å². The highest BCUT2D eigenvalue weighted by molar-refractivity contribution is 9.10. The van der Waals surface area contributed by atoms with Crippen LogP contribution in [0, 0.1) is 26.7 Å². The molecule has 0 saturated heterocycles. The summed E-state index contributed by atoms with van der Waals surface area (Å²) < 4.78 is 30.6. The van der Waals surface area contributed by atoms with Gasteiger partial charge in [-0.05, 0) is 73.7 Å². The molecule has 0 heterocycles. The third kappa shape index (κ3) is 9.07. The Morgan fingerprint density at radius 2 is 1.46 bits per heavy atom. The van der Waals surface area contributed by atoms with Crippen molar-refractivity contribution in [2.75, 3.05) is 17.4 Å². The fourth-order valence-corrected chi connectivity index (χ4v) is 7.17. The van der Waals surface area contributed by atoms with Crippen LogP contribution >= 0.6 is 15.9 Å². The fraction of sp³-hybridized carbons (Fsp3) is 0.297. The van der Waals surface area contributed by atoms with Gasteiger partial charge in [-0.1, -0.05) is 108 Å². The molecule has 242 valence electrons. The Morgan fingerprint density at radius 3 is 2.09 bits per heavy atom. The van der Waals surface area contributed by atoms with E-state index in [0.29, 0.717) is 12.2 Å². The van der Waals surface area contributed by atoms with Crippen LogP contribution in [-0.4, -0.2) is 44.3 Å². The molecule has 1 N–H and O–H groups in total. The van der Waals surface area contributed by atoms with E-state index in [1.165, 1.54) is 9.21 Å². The Hall–Kier alpha value is -3.95. The van der Waals surface area contributed by atoms with Gasteiger partial charge in [-0.15, -0.1) is 0 Å². The van der Waals surface area contributed by atoms with Crippen molar-refractivity contribution in [3.05, 3.63) is 129 Å². The molecule has 0 bridgehead atoms. The summed E-state index contributed by atoms with van der Waals surface area (Å²) in [6.45, 7) is 9.74. The van der Waals surface area contributed by atoms with E-state index < -0.39 is 28.5 Å². The number of anilines is 1. The first-order chi connectivity index (χ1) is 21.8. The second-order valence-electron chi connectivity index (χ2n) is 12.1. The number of carbonyl (C=O) groups excluding carboxylic acids is 2. The topological polar surface area (TPSA) is 86.8 Å². The van der Waals surface area contributed by atoms with E-state index in [2.05, 4.69) is 21.2 Å². The van der Waals surface area contributed by atoms with Crippen molar-refractivity contribution in [3.8, 4) is 0 Å². The molecular weight excluding hydrogens is 662 g/mol. The molecule has 0 radical (unpaired) electrons. The molecule has 0 aliphatic heterocycles. The molecular formula is C37H42BrN3O4S. The van der Waals surface area contributed by atoms with E-state index >= 15 is 0 Å². The van der Waals surface area contributed by atoms with Crippen molar-refractivity contribution < 1.29 is 18.0 Å². The Labute approximate surface area is 281 Å². The van der Waals surface area contributed by atoms with E-state index in [1.807, 2.05) is 101 Å². The zero-order chi connectivity index (χ0) is 33.4. The van der Waals surface area contributed by atoms with Crippen LogP contribution in [0.2, 0.25) is 0 Å². The number of sulfonamides is 1. The van der Waals surface area contributed by atoms with Gasteiger partial charge in [-0.25, -0.2) is 8.42 Å². The highest BCUT2D eigenvalue weighted by atomic mass is 79.9. The van der Waals surface area contributed by atoms with Gasteiger partial charge in [0.05, 0.1) is 10.6 Å². The van der Waals surface area contributed by atoms with Crippen LogP contribution in [0.5, 0.6) is 0 Å². The maximum atomic E-state index is 14.6. The van der Waals surface area contributed by atoms with Gasteiger partial charge in [0.1, 0.15) is 12.6 Å². The Kier molecular flexibility index (Phi) is 11.8. The first-order valence-electron chi connectivity index (χ1n) is 15.4. The highest BCUT2D eigenvalue weighted by Gasteiger charge is 2.35. The minimum atomic E-state index is -4.16. The predicted octanol–water partition coefficient (Wildman–Crippen LogP) is 6.98. The minimum absolute atomic E-state index is 0.0833. The predicted molar refractivity (Wildman–Crippen MR) is 188 cm³/mol. The lowest BCUT2D eigenvalue weighted by Crippen LogP contribution is -2.53. The lowest BCUT2D eigenvalue weighted by molar-refractivity contribution is -0.140. The van der Waals surface area contributed by atoms with Gasteiger partial charge in [0.2, 0.25) is 11.8 Å². The normalized spacial score (nSPS) is 12.1. The molecule has 0 aliphatic carbocycles. The van der Waals surface area contributed by atoms with Crippen LogP contribution in [0.1, 0.15) is 41.7 Å². The number of aryl methyl sites for hydroxylation is 3. The Morgan fingerprint density at radius 1 is 0.804 bits per heavy atom. The van der Waals surface area contributed by atoms with Gasteiger partial charge in [0, 0.05) is 24.0 Å². The highest BCUT2D eigenvalue weighted by Crippen LogP contribution is 2.29. The third-order valence-electron chi connectivity index (χ3n) is 7.71. The largest absolute Gasteiger partial charge is 0.354 e. The summed E-state index contributed by atoms with van der Waals surface area (Å²) in [7, 11) is -4.16. The van der Waals surface area contributed by atoms with Gasteiger partial charge < -0.3 is 10.2 Å². The third-order valence-corrected chi connectivity index (χ3v) is 9.97. The first kappa shape index (κ1) is 34.9. The summed E-state index contributed by atoms with van der Waals surface area (Å²) in [5.41, 5.74) is 4.71. The first-order valence-corrected chi connectivity index (χ1v) is 17.6. The van der Waals surface area contributed by atoms with Gasteiger partial charge in [0.25, 0.3) is 10.0 Å². The van der Waals surface area contributed by atoms with Gasteiger partial charge in [0.15, 0.2) is 0 Å². The van der Waals surface area contributed by atoms with E-state index in [-0.39, 0.29) is 29.7 Å². The second kappa shape index (κ2) is 15.6. The van der Waals surface area contributed by atoms with Gasteiger partial charge in [-0.3, -0.25) is 13.9 Å². The molecule has 2 amide bonds. The van der Waals surface area contributed by atoms with Crippen molar-refractivity contribution >= 4 is 43.5 Å². The van der Waals surface area contributed by atoms with E-state index in [9.17, 15) is 18.0 Å². The molecule has 4 rings (SSSR count). The number of hydrogen-bond donors (Lipinski definition) is 1. The average molecular weight is 705 g/mol. The summed E-state index contributed by atoms with van der Waals surface area (Å²) in [6, 6.07) is 28.3. The summed E-state index contributed by atoms with van der Waals surface area (Å²) in [6.07, 6.45) is 0.263. The van der Waals surface area contributed by atoms with Crippen LogP contribution in [0.3, 0.4) is 0 Å². The molecule has 7 nitrogen and oxygen atoms in total. The molecule has 0 aromatic heterocycles. The van der Waals surface area contributed by atoms with Crippen LogP contribution in [0.25, 0.3) is 0 Å². The summed E-state index contributed by atoms with van der Waals surface area (Å²) in [4.78, 5) is 30.1. The fourth-order valence-electron chi connectivity index (χ4n) is 5.24. The quantitative estimate of drug-likeness (QED) is 0.163. The lowest BCUT2D eigenvalue weighted by Gasteiger charge is -2.34. The van der Waals surface area contributed by atoms with Gasteiger partial charge >= 0.3 is 0 Å².